The molecule has 1 aromatic carbocycles. The van der Waals surface area contributed by atoms with E-state index in [-0.39, 0.29) is 18.9 Å². The van der Waals surface area contributed by atoms with E-state index in [1.54, 1.807) is 0 Å². The Hall–Kier alpha value is -2.16. The zero-order valence-electron chi connectivity index (χ0n) is 13.6. The SMILES string of the molecule is C/C(CC1=CC=CC1)=N\CC(=O)COc1ccc(C)c(C)c1. The molecular formula is C19H23NO2. The molecule has 3 heteroatoms. The molecule has 0 spiro atoms. The van der Waals surface area contributed by atoms with Crippen LogP contribution in [-0.2, 0) is 4.79 Å². The number of benzene rings is 1. The second kappa shape index (κ2) is 7.74. The van der Waals surface area contributed by atoms with Gasteiger partial charge in [0.1, 0.15) is 18.9 Å². The summed E-state index contributed by atoms with van der Waals surface area (Å²) < 4.78 is 5.53. The minimum atomic E-state index is -0.00361. The number of ether oxygens (including phenoxy) is 1. The molecule has 3 nitrogen and oxygen atoms in total. The van der Waals surface area contributed by atoms with Crippen LogP contribution in [0.1, 0.15) is 30.9 Å². The number of aliphatic imine (C=N–C) groups is 1. The number of carbonyl (C=O) groups is 1. The summed E-state index contributed by atoms with van der Waals surface area (Å²) in [6.45, 7) is 6.32. The zero-order valence-corrected chi connectivity index (χ0v) is 13.6. The van der Waals surface area contributed by atoms with Crippen molar-refractivity contribution in [2.24, 2.45) is 4.99 Å². The van der Waals surface area contributed by atoms with E-state index in [2.05, 4.69) is 30.1 Å². The van der Waals surface area contributed by atoms with E-state index in [0.717, 1.165) is 29.9 Å². The van der Waals surface area contributed by atoms with E-state index >= 15 is 0 Å². The molecule has 0 fully saturated rings. The first-order valence-electron chi connectivity index (χ1n) is 7.61. The second-order valence-electron chi connectivity index (χ2n) is 5.76. The number of nitrogens with zero attached hydrogens (tertiary/aromatic N) is 1. The largest absolute Gasteiger partial charge is 0.486 e. The van der Waals surface area contributed by atoms with Crippen LogP contribution in [-0.4, -0.2) is 24.6 Å². The lowest BCUT2D eigenvalue weighted by molar-refractivity contribution is -0.119. The third-order valence-corrected chi connectivity index (χ3v) is 3.73. The molecule has 0 bridgehead atoms. The van der Waals surface area contributed by atoms with Crippen molar-refractivity contribution in [2.45, 2.75) is 33.6 Å². The predicted octanol–water partition coefficient (Wildman–Crippen LogP) is 3.99. The van der Waals surface area contributed by atoms with Gasteiger partial charge in [0.2, 0.25) is 0 Å². The van der Waals surface area contributed by atoms with Crippen molar-refractivity contribution >= 4 is 11.5 Å². The normalized spacial score (nSPS) is 14.1. The summed E-state index contributed by atoms with van der Waals surface area (Å²) in [5.74, 6) is 0.732. The van der Waals surface area contributed by atoms with Crippen LogP contribution in [0, 0.1) is 13.8 Å². The maximum absolute atomic E-state index is 11.9. The fourth-order valence-corrected chi connectivity index (χ4v) is 2.24. The molecule has 116 valence electrons. The Morgan fingerprint density at radius 2 is 2.09 bits per heavy atom. The number of ketones is 1. The van der Waals surface area contributed by atoms with Crippen LogP contribution < -0.4 is 4.74 Å². The number of carbonyl (C=O) groups excluding carboxylic acids is 1. The van der Waals surface area contributed by atoms with Crippen LogP contribution in [0.2, 0.25) is 0 Å². The molecule has 0 heterocycles. The van der Waals surface area contributed by atoms with Gasteiger partial charge >= 0.3 is 0 Å². The van der Waals surface area contributed by atoms with E-state index in [9.17, 15) is 4.79 Å². The Labute approximate surface area is 132 Å². The molecular weight excluding hydrogens is 274 g/mol. The minimum Gasteiger partial charge on any atom is -0.486 e. The van der Waals surface area contributed by atoms with Crippen LogP contribution in [0.5, 0.6) is 5.75 Å². The molecule has 0 unspecified atom stereocenters. The number of Topliss-reactive ketones (excluding diaryl/α,β-unsaturated/α-hetero) is 1. The molecule has 0 saturated carbocycles. The summed E-state index contributed by atoms with van der Waals surface area (Å²) in [7, 11) is 0. The standard InChI is InChI=1S/C19H23NO2/c1-14-8-9-19(10-15(14)2)22-13-18(21)12-20-16(3)11-17-6-4-5-7-17/h4-6,8-10H,7,11-13H2,1-3H3/b20-16+. The highest BCUT2D eigenvalue weighted by atomic mass is 16.5. The van der Waals surface area contributed by atoms with Crippen molar-refractivity contribution in [1.82, 2.24) is 0 Å². The third-order valence-electron chi connectivity index (χ3n) is 3.73. The van der Waals surface area contributed by atoms with Crippen molar-refractivity contribution < 1.29 is 9.53 Å². The molecule has 1 aliphatic carbocycles. The van der Waals surface area contributed by atoms with Gasteiger partial charge in [-0.3, -0.25) is 9.79 Å². The number of rotatable bonds is 7. The molecule has 0 aliphatic heterocycles. The van der Waals surface area contributed by atoms with Gasteiger partial charge in [-0.05, 0) is 50.5 Å². The molecule has 0 amide bonds. The second-order valence-corrected chi connectivity index (χ2v) is 5.76. The quantitative estimate of drug-likeness (QED) is 0.714. The third kappa shape index (κ3) is 4.99. The first kappa shape index (κ1) is 16.2. The van der Waals surface area contributed by atoms with Crippen molar-refractivity contribution in [3.05, 3.63) is 53.1 Å². The number of hydrogen-bond donors (Lipinski definition) is 0. The van der Waals surface area contributed by atoms with Crippen molar-refractivity contribution in [2.75, 3.05) is 13.2 Å². The monoisotopic (exact) mass is 297 g/mol. The van der Waals surface area contributed by atoms with Crippen LogP contribution in [0.25, 0.3) is 0 Å². The Morgan fingerprint density at radius 1 is 1.27 bits per heavy atom. The minimum absolute atomic E-state index is 0.00361. The van der Waals surface area contributed by atoms with Crippen molar-refractivity contribution in [1.29, 1.82) is 0 Å². The van der Waals surface area contributed by atoms with Gasteiger partial charge in [0.25, 0.3) is 0 Å². The maximum Gasteiger partial charge on any atom is 0.191 e. The van der Waals surface area contributed by atoms with E-state index in [0.29, 0.717) is 0 Å². The Morgan fingerprint density at radius 3 is 2.77 bits per heavy atom. The van der Waals surface area contributed by atoms with Gasteiger partial charge < -0.3 is 4.74 Å². The maximum atomic E-state index is 11.9. The van der Waals surface area contributed by atoms with Gasteiger partial charge in [-0.25, -0.2) is 0 Å². The Kier molecular flexibility index (Phi) is 5.70. The molecule has 0 atom stereocenters. The first-order valence-corrected chi connectivity index (χ1v) is 7.61. The van der Waals surface area contributed by atoms with Gasteiger partial charge in [-0.2, -0.15) is 0 Å². The van der Waals surface area contributed by atoms with Gasteiger partial charge in [0.05, 0.1) is 0 Å². The average Bonchev–Trinajstić information content (AvgIpc) is 2.99. The summed E-state index contributed by atoms with van der Waals surface area (Å²) in [5.41, 5.74) is 4.72. The highest BCUT2D eigenvalue weighted by Crippen LogP contribution is 2.16. The van der Waals surface area contributed by atoms with Gasteiger partial charge in [0.15, 0.2) is 5.78 Å². The molecule has 1 aliphatic rings. The Balaban J connectivity index is 1.76. The van der Waals surface area contributed by atoms with Crippen molar-refractivity contribution in [3.8, 4) is 5.75 Å². The summed E-state index contributed by atoms with van der Waals surface area (Å²) in [6, 6.07) is 5.85. The van der Waals surface area contributed by atoms with Crippen LogP contribution in [0.4, 0.5) is 0 Å². The first-order chi connectivity index (χ1) is 10.5. The van der Waals surface area contributed by atoms with E-state index in [1.807, 2.05) is 32.0 Å². The number of aryl methyl sites for hydroxylation is 2. The van der Waals surface area contributed by atoms with E-state index in [1.165, 1.54) is 11.1 Å². The lowest BCUT2D eigenvalue weighted by Crippen LogP contribution is -2.15. The van der Waals surface area contributed by atoms with Gasteiger partial charge in [0, 0.05) is 12.1 Å². The molecule has 0 N–H and O–H groups in total. The summed E-state index contributed by atoms with van der Waals surface area (Å²) >= 11 is 0. The molecule has 0 radical (unpaired) electrons. The molecule has 22 heavy (non-hydrogen) atoms. The van der Waals surface area contributed by atoms with Crippen LogP contribution >= 0.6 is 0 Å². The summed E-state index contributed by atoms with van der Waals surface area (Å²) in [4.78, 5) is 16.2. The molecule has 1 aromatic rings. The summed E-state index contributed by atoms with van der Waals surface area (Å²) in [6.07, 6.45) is 8.15. The lowest BCUT2D eigenvalue weighted by atomic mass is 10.1. The lowest BCUT2D eigenvalue weighted by Gasteiger charge is -2.07. The van der Waals surface area contributed by atoms with E-state index in [4.69, 9.17) is 4.74 Å². The molecule has 2 rings (SSSR count). The average molecular weight is 297 g/mol. The molecule has 0 aromatic heterocycles. The van der Waals surface area contributed by atoms with Gasteiger partial charge in [-0.1, -0.05) is 29.9 Å². The van der Waals surface area contributed by atoms with Crippen molar-refractivity contribution in [3.63, 3.8) is 0 Å². The highest BCUT2D eigenvalue weighted by molar-refractivity contribution is 5.89. The number of hydrogen-bond acceptors (Lipinski definition) is 3. The fraction of sp³-hybridized carbons (Fsp3) is 0.368. The fourth-order valence-electron chi connectivity index (χ4n) is 2.24. The number of allylic oxidation sites excluding steroid dienone is 4. The topological polar surface area (TPSA) is 38.7 Å². The predicted molar refractivity (Wildman–Crippen MR) is 90.9 cm³/mol. The highest BCUT2D eigenvalue weighted by Gasteiger charge is 2.05. The summed E-state index contributed by atoms with van der Waals surface area (Å²) in [5, 5.41) is 0. The van der Waals surface area contributed by atoms with E-state index < -0.39 is 0 Å². The molecule has 0 saturated heterocycles. The smallest absolute Gasteiger partial charge is 0.191 e. The van der Waals surface area contributed by atoms with Crippen LogP contribution in [0.15, 0.2) is 47.0 Å². The van der Waals surface area contributed by atoms with Crippen LogP contribution in [0.3, 0.4) is 0 Å². The van der Waals surface area contributed by atoms with Gasteiger partial charge in [-0.15, -0.1) is 0 Å². The Bertz CT molecular complexity index is 639. The zero-order chi connectivity index (χ0) is 15.9.